The number of pyridine rings is 1. The van der Waals surface area contributed by atoms with Crippen LogP contribution >= 0.6 is 0 Å². The first kappa shape index (κ1) is 17.7. The van der Waals surface area contributed by atoms with E-state index in [1.807, 2.05) is 30.5 Å². The van der Waals surface area contributed by atoms with E-state index in [1.165, 1.54) is 5.56 Å². The predicted molar refractivity (Wildman–Crippen MR) is 102 cm³/mol. The van der Waals surface area contributed by atoms with Crippen LogP contribution in [-0.2, 0) is 17.6 Å². The van der Waals surface area contributed by atoms with Crippen molar-refractivity contribution in [2.45, 2.75) is 32.2 Å². The van der Waals surface area contributed by atoms with Crippen molar-refractivity contribution in [1.82, 2.24) is 15.5 Å². The predicted octanol–water partition coefficient (Wildman–Crippen LogP) is 3.16. The molecule has 6 heteroatoms. The molecule has 3 heterocycles. The van der Waals surface area contributed by atoms with E-state index >= 15 is 0 Å². The van der Waals surface area contributed by atoms with Gasteiger partial charge in [0, 0.05) is 30.0 Å². The van der Waals surface area contributed by atoms with Gasteiger partial charge in [0.1, 0.15) is 5.76 Å². The molecule has 0 saturated carbocycles. The normalized spacial score (nSPS) is 19.4. The molecule has 6 nitrogen and oxygen atoms in total. The monoisotopic (exact) mass is 365 g/mol. The number of nitrogens with zero attached hydrogens (tertiary/aromatic N) is 2. The Bertz CT molecular complexity index is 932. The molecule has 0 radical (unpaired) electrons. The molecular formula is C21H23N3O3. The van der Waals surface area contributed by atoms with Gasteiger partial charge in [-0.2, -0.15) is 0 Å². The second-order valence-corrected chi connectivity index (χ2v) is 7.00. The third-order valence-corrected chi connectivity index (χ3v) is 5.02. The molecule has 1 saturated heterocycles. The Morgan fingerprint density at radius 3 is 3.04 bits per heavy atom. The highest BCUT2D eigenvalue weighted by molar-refractivity contribution is 5.92. The standard InChI is InChI=1S/C21H23N3O3/c1-2-5-16-11-19(24-27-16)21(25)23-20-13-26-12-15(20)10-14-8-9-22-18-7-4-3-6-17(14)18/h3-4,6-9,11,15,20H,2,5,10,12-13H2,1H3,(H,23,25). The zero-order valence-electron chi connectivity index (χ0n) is 15.4. The fourth-order valence-corrected chi connectivity index (χ4v) is 3.60. The molecule has 1 aromatic carbocycles. The number of hydrogen-bond acceptors (Lipinski definition) is 5. The number of rotatable bonds is 6. The molecule has 1 aliphatic rings. The SMILES string of the molecule is CCCc1cc(C(=O)NC2COCC2Cc2ccnc3ccccc23)no1. The first-order valence-electron chi connectivity index (χ1n) is 9.41. The van der Waals surface area contributed by atoms with Crippen molar-refractivity contribution >= 4 is 16.8 Å². The van der Waals surface area contributed by atoms with E-state index in [4.69, 9.17) is 9.26 Å². The van der Waals surface area contributed by atoms with E-state index in [9.17, 15) is 4.79 Å². The lowest BCUT2D eigenvalue weighted by Crippen LogP contribution is -2.40. The minimum atomic E-state index is -0.207. The maximum absolute atomic E-state index is 12.5. The van der Waals surface area contributed by atoms with Crippen LogP contribution < -0.4 is 5.32 Å². The summed E-state index contributed by atoms with van der Waals surface area (Å²) in [6.45, 7) is 3.20. The number of aryl methyl sites for hydroxylation is 1. The number of nitrogens with one attached hydrogen (secondary N) is 1. The van der Waals surface area contributed by atoms with Crippen LogP contribution in [0.15, 0.2) is 47.1 Å². The van der Waals surface area contributed by atoms with Crippen LogP contribution in [0.1, 0.15) is 35.2 Å². The van der Waals surface area contributed by atoms with Gasteiger partial charge in [0.25, 0.3) is 5.91 Å². The molecule has 2 unspecified atom stereocenters. The average molecular weight is 365 g/mol. The molecule has 0 spiro atoms. The Morgan fingerprint density at radius 2 is 2.15 bits per heavy atom. The highest BCUT2D eigenvalue weighted by atomic mass is 16.5. The lowest BCUT2D eigenvalue weighted by Gasteiger charge is -2.19. The number of para-hydroxylation sites is 1. The molecule has 27 heavy (non-hydrogen) atoms. The molecule has 1 fully saturated rings. The Balaban J connectivity index is 1.46. The largest absolute Gasteiger partial charge is 0.379 e. The van der Waals surface area contributed by atoms with Gasteiger partial charge in [-0.3, -0.25) is 9.78 Å². The molecule has 1 aliphatic heterocycles. The molecule has 4 rings (SSSR count). The lowest BCUT2D eigenvalue weighted by atomic mass is 9.93. The summed E-state index contributed by atoms with van der Waals surface area (Å²) in [6.07, 6.45) is 4.40. The smallest absolute Gasteiger partial charge is 0.273 e. The van der Waals surface area contributed by atoms with Crippen molar-refractivity contribution in [3.05, 3.63) is 59.6 Å². The van der Waals surface area contributed by atoms with Gasteiger partial charge < -0.3 is 14.6 Å². The van der Waals surface area contributed by atoms with Crippen LogP contribution in [-0.4, -0.2) is 35.3 Å². The van der Waals surface area contributed by atoms with Gasteiger partial charge >= 0.3 is 0 Å². The number of hydrogen-bond donors (Lipinski definition) is 1. The Labute approximate surface area is 157 Å². The van der Waals surface area contributed by atoms with E-state index in [-0.39, 0.29) is 17.9 Å². The summed E-state index contributed by atoms with van der Waals surface area (Å²) in [5.41, 5.74) is 2.54. The second-order valence-electron chi connectivity index (χ2n) is 7.00. The van der Waals surface area contributed by atoms with Crippen LogP contribution in [0.3, 0.4) is 0 Å². The highest BCUT2D eigenvalue weighted by Gasteiger charge is 2.31. The molecule has 0 aliphatic carbocycles. The van der Waals surface area contributed by atoms with Crippen molar-refractivity contribution in [1.29, 1.82) is 0 Å². The third kappa shape index (κ3) is 3.85. The van der Waals surface area contributed by atoms with Gasteiger partial charge in [0.15, 0.2) is 5.69 Å². The topological polar surface area (TPSA) is 77.2 Å². The molecule has 2 atom stereocenters. The third-order valence-electron chi connectivity index (χ3n) is 5.02. The highest BCUT2D eigenvalue weighted by Crippen LogP contribution is 2.24. The van der Waals surface area contributed by atoms with Crippen LogP contribution in [0, 0.1) is 5.92 Å². The summed E-state index contributed by atoms with van der Waals surface area (Å²) in [7, 11) is 0. The van der Waals surface area contributed by atoms with E-state index in [1.54, 1.807) is 6.07 Å². The summed E-state index contributed by atoms with van der Waals surface area (Å²) < 4.78 is 10.9. The molecule has 2 aromatic heterocycles. The van der Waals surface area contributed by atoms with Crippen LogP contribution in [0.4, 0.5) is 0 Å². The van der Waals surface area contributed by atoms with Crippen molar-refractivity contribution in [3.63, 3.8) is 0 Å². The number of fused-ring (bicyclic) bond motifs is 1. The molecule has 1 amide bonds. The fraction of sp³-hybridized carbons (Fsp3) is 0.381. The molecular weight excluding hydrogens is 342 g/mol. The maximum atomic E-state index is 12.5. The van der Waals surface area contributed by atoms with Crippen molar-refractivity contribution < 1.29 is 14.1 Å². The lowest BCUT2D eigenvalue weighted by molar-refractivity contribution is 0.0916. The summed E-state index contributed by atoms with van der Waals surface area (Å²) in [5.74, 6) is 0.744. The zero-order valence-corrected chi connectivity index (χ0v) is 15.4. The number of benzene rings is 1. The zero-order chi connectivity index (χ0) is 18.6. The number of amides is 1. The minimum absolute atomic E-state index is 0.0456. The van der Waals surface area contributed by atoms with Gasteiger partial charge in [-0.25, -0.2) is 0 Å². The van der Waals surface area contributed by atoms with Gasteiger partial charge in [0.2, 0.25) is 0 Å². The first-order chi connectivity index (χ1) is 13.2. The van der Waals surface area contributed by atoms with Crippen LogP contribution in [0.5, 0.6) is 0 Å². The molecule has 3 aromatic rings. The minimum Gasteiger partial charge on any atom is -0.379 e. The van der Waals surface area contributed by atoms with Gasteiger partial charge in [-0.05, 0) is 30.5 Å². The summed E-state index contributed by atoms with van der Waals surface area (Å²) in [5, 5.41) is 8.11. The summed E-state index contributed by atoms with van der Waals surface area (Å²) >= 11 is 0. The second kappa shape index (κ2) is 7.88. The van der Waals surface area contributed by atoms with Gasteiger partial charge in [0.05, 0.1) is 24.8 Å². The summed E-state index contributed by atoms with van der Waals surface area (Å²) in [6, 6.07) is 11.8. The number of carbonyl (C=O) groups is 1. The molecule has 1 N–H and O–H groups in total. The van der Waals surface area contributed by atoms with Crippen molar-refractivity contribution in [3.8, 4) is 0 Å². The number of aromatic nitrogens is 2. The number of ether oxygens (including phenoxy) is 1. The average Bonchev–Trinajstić information content (AvgIpc) is 3.32. The summed E-state index contributed by atoms with van der Waals surface area (Å²) in [4.78, 5) is 17.0. The first-order valence-corrected chi connectivity index (χ1v) is 9.41. The van der Waals surface area contributed by atoms with Crippen LogP contribution in [0.2, 0.25) is 0 Å². The van der Waals surface area contributed by atoms with Crippen molar-refractivity contribution in [2.75, 3.05) is 13.2 Å². The maximum Gasteiger partial charge on any atom is 0.273 e. The molecule has 0 bridgehead atoms. The van der Waals surface area contributed by atoms with Crippen molar-refractivity contribution in [2.24, 2.45) is 5.92 Å². The van der Waals surface area contributed by atoms with Gasteiger partial charge in [-0.1, -0.05) is 30.3 Å². The quantitative estimate of drug-likeness (QED) is 0.726. The van der Waals surface area contributed by atoms with Gasteiger partial charge in [-0.15, -0.1) is 0 Å². The fourth-order valence-electron chi connectivity index (χ4n) is 3.60. The van der Waals surface area contributed by atoms with E-state index in [0.717, 1.165) is 35.9 Å². The van der Waals surface area contributed by atoms with E-state index in [0.29, 0.717) is 18.9 Å². The van der Waals surface area contributed by atoms with Crippen LogP contribution in [0.25, 0.3) is 10.9 Å². The molecule has 140 valence electrons. The number of carbonyl (C=O) groups excluding carboxylic acids is 1. The van der Waals surface area contributed by atoms with E-state index < -0.39 is 0 Å². The Morgan fingerprint density at radius 1 is 1.26 bits per heavy atom. The Hall–Kier alpha value is -2.73. The van der Waals surface area contributed by atoms with E-state index in [2.05, 4.69) is 28.4 Å². The Kier molecular flexibility index (Phi) is 5.16.